The number of carboxylic acid groups (broad SMARTS) is 1. The normalized spacial score (nSPS) is 29.5. The van der Waals surface area contributed by atoms with Gasteiger partial charge >= 0.3 is 12.0 Å². The van der Waals surface area contributed by atoms with Gasteiger partial charge in [-0.25, -0.2) is 9.59 Å². The van der Waals surface area contributed by atoms with Crippen molar-refractivity contribution in [3.63, 3.8) is 0 Å². The van der Waals surface area contributed by atoms with Crippen LogP contribution in [0.2, 0.25) is 0 Å². The Morgan fingerprint density at radius 3 is 2.37 bits per heavy atom. The molecule has 0 aromatic carbocycles. The van der Waals surface area contributed by atoms with E-state index in [1.54, 1.807) is 6.92 Å². The second kappa shape index (κ2) is 5.02. The van der Waals surface area contributed by atoms with E-state index < -0.39 is 11.5 Å². The van der Waals surface area contributed by atoms with Crippen LogP contribution in [0.1, 0.15) is 52.4 Å². The topological polar surface area (TPSA) is 69.6 Å². The summed E-state index contributed by atoms with van der Waals surface area (Å²) in [4.78, 5) is 25.2. The summed E-state index contributed by atoms with van der Waals surface area (Å²) in [7, 11) is 0. The maximum atomic E-state index is 12.3. The molecule has 0 aromatic heterocycles. The van der Waals surface area contributed by atoms with Crippen molar-refractivity contribution in [2.75, 3.05) is 13.1 Å². The van der Waals surface area contributed by atoms with Crippen molar-refractivity contribution in [3.8, 4) is 0 Å². The van der Waals surface area contributed by atoms with Gasteiger partial charge in [-0.1, -0.05) is 13.3 Å². The van der Waals surface area contributed by atoms with Gasteiger partial charge in [-0.3, -0.25) is 0 Å². The summed E-state index contributed by atoms with van der Waals surface area (Å²) >= 11 is 0. The molecule has 5 heteroatoms. The van der Waals surface area contributed by atoms with Crippen LogP contribution in [0.3, 0.4) is 0 Å². The minimum absolute atomic E-state index is 0.213. The number of carboxylic acids is 1. The number of urea groups is 1. The number of nitrogens with one attached hydrogen (secondary N) is 1. The molecule has 0 bridgehead atoms. The molecular formula is C14H24N2O3. The van der Waals surface area contributed by atoms with Crippen molar-refractivity contribution in [2.45, 2.75) is 57.9 Å². The molecule has 19 heavy (non-hydrogen) atoms. The molecule has 1 atom stereocenters. The minimum atomic E-state index is -1.05. The van der Waals surface area contributed by atoms with Gasteiger partial charge in [0.1, 0.15) is 5.54 Å². The van der Waals surface area contributed by atoms with Gasteiger partial charge in [0.2, 0.25) is 0 Å². The van der Waals surface area contributed by atoms with Gasteiger partial charge in [0.05, 0.1) is 0 Å². The molecule has 2 N–H and O–H groups in total. The lowest BCUT2D eigenvalue weighted by atomic mass is 9.70. The Labute approximate surface area is 114 Å². The molecule has 0 radical (unpaired) electrons. The predicted octanol–water partition coefficient (Wildman–Crippen LogP) is 2.22. The molecule has 2 amide bonds. The van der Waals surface area contributed by atoms with Gasteiger partial charge in [0, 0.05) is 13.1 Å². The molecule has 1 unspecified atom stereocenters. The van der Waals surface area contributed by atoms with Gasteiger partial charge in [-0.05, 0) is 44.4 Å². The van der Waals surface area contributed by atoms with E-state index in [4.69, 9.17) is 0 Å². The summed E-state index contributed by atoms with van der Waals surface area (Å²) in [6.45, 7) is 5.01. The van der Waals surface area contributed by atoms with Gasteiger partial charge < -0.3 is 15.3 Å². The lowest BCUT2D eigenvalue weighted by Gasteiger charge is -2.43. The average molecular weight is 268 g/mol. The third-order valence-electron chi connectivity index (χ3n) is 4.82. The van der Waals surface area contributed by atoms with E-state index in [0.29, 0.717) is 19.5 Å². The second-order valence-corrected chi connectivity index (χ2v) is 6.51. The Hall–Kier alpha value is -1.26. The molecular weight excluding hydrogens is 244 g/mol. The van der Waals surface area contributed by atoms with E-state index in [0.717, 1.165) is 25.7 Å². The number of likely N-dealkylation sites (tertiary alicyclic amines) is 1. The van der Waals surface area contributed by atoms with Gasteiger partial charge in [0.15, 0.2) is 0 Å². The first-order chi connectivity index (χ1) is 8.87. The molecule has 0 spiro atoms. The fourth-order valence-electron chi connectivity index (χ4n) is 3.01. The molecule has 108 valence electrons. The molecule has 1 aliphatic heterocycles. The van der Waals surface area contributed by atoms with Crippen molar-refractivity contribution >= 4 is 12.0 Å². The predicted molar refractivity (Wildman–Crippen MR) is 72.0 cm³/mol. The zero-order valence-corrected chi connectivity index (χ0v) is 11.9. The van der Waals surface area contributed by atoms with Crippen molar-refractivity contribution in [1.82, 2.24) is 10.2 Å². The summed E-state index contributed by atoms with van der Waals surface area (Å²) in [6, 6.07) is -0.224. The van der Waals surface area contributed by atoms with Crippen molar-refractivity contribution in [1.29, 1.82) is 0 Å². The van der Waals surface area contributed by atoms with Crippen molar-refractivity contribution in [2.24, 2.45) is 5.41 Å². The number of nitrogens with zero attached hydrogens (tertiary/aromatic N) is 1. The number of aliphatic carboxylic acids is 1. The molecule has 2 rings (SSSR count). The Morgan fingerprint density at radius 2 is 1.84 bits per heavy atom. The lowest BCUT2D eigenvalue weighted by molar-refractivity contribution is -0.150. The molecule has 5 nitrogen and oxygen atoms in total. The molecule has 2 aliphatic rings. The quantitative estimate of drug-likeness (QED) is 0.824. The van der Waals surface area contributed by atoms with Crippen LogP contribution in [0.15, 0.2) is 0 Å². The summed E-state index contributed by atoms with van der Waals surface area (Å²) in [5.41, 5.74) is -0.839. The van der Waals surface area contributed by atoms with Gasteiger partial charge in [-0.15, -0.1) is 0 Å². The van der Waals surface area contributed by atoms with Crippen LogP contribution in [0.25, 0.3) is 0 Å². The van der Waals surface area contributed by atoms with Crippen molar-refractivity contribution < 1.29 is 14.7 Å². The molecule has 1 saturated carbocycles. The fourth-order valence-corrected chi connectivity index (χ4v) is 3.01. The van der Waals surface area contributed by atoms with Crippen LogP contribution in [-0.2, 0) is 4.79 Å². The smallest absolute Gasteiger partial charge is 0.329 e. The fraction of sp³-hybridized carbons (Fsp3) is 0.857. The van der Waals surface area contributed by atoms with Crippen LogP contribution in [0.5, 0.6) is 0 Å². The molecule has 0 aromatic rings. The second-order valence-electron chi connectivity index (χ2n) is 6.51. The van der Waals surface area contributed by atoms with Gasteiger partial charge in [-0.2, -0.15) is 0 Å². The van der Waals surface area contributed by atoms with E-state index in [9.17, 15) is 14.7 Å². The number of hydrogen-bond acceptors (Lipinski definition) is 2. The Kier molecular flexibility index (Phi) is 3.74. The maximum Gasteiger partial charge on any atom is 0.329 e. The Morgan fingerprint density at radius 1 is 1.16 bits per heavy atom. The Bertz CT molecular complexity index is 379. The summed E-state index contributed by atoms with van der Waals surface area (Å²) < 4.78 is 0. The number of carbonyl (C=O) groups excluding carboxylic acids is 1. The van der Waals surface area contributed by atoms with Crippen LogP contribution in [-0.4, -0.2) is 40.6 Å². The van der Waals surface area contributed by atoms with Gasteiger partial charge in [0.25, 0.3) is 0 Å². The SMILES string of the molecule is CC1(CNC(=O)N2CCCCC2(C)C(=O)O)CCC1. The highest BCUT2D eigenvalue weighted by molar-refractivity contribution is 5.86. The average Bonchev–Trinajstić information content (AvgIpc) is 2.34. The first-order valence-corrected chi connectivity index (χ1v) is 7.16. The number of rotatable bonds is 3. The van der Waals surface area contributed by atoms with E-state index in [1.807, 2.05) is 0 Å². The summed E-state index contributed by atoms with van der Waals surface area (Å²) in [5, 5.41) is 12.3. The van der Waals surface area contributed by atoms with E-state index in [-0.39, 0.29) is 11.4 Å². The highest BCUT2D eigenvalue weighted by Crippen LogP contribution is 2.39. The van der Waals surface area contributed by atoms with E-state index in [2.05, 4.69) is 12.2 Å². The zero-order chi connectivity index (χ0) is 14.1. The largest absolute Gasteiger partial charge is 0.480 e. The molecule has 2 fully saturated rings. The number of piperidine rings is 1. The third kappa shape index (κ3) is 2.69. The monoisotopic (exact) mass is 268 g/mol. The highest BCUT2D eigenvalue weighted by atomic mass is 16.4. The maximum absolute atomic E-state index is 12.3. The van der Waals surface area contributed by atoms with E-state index in [1.165, 1.54) is 11.3 Å². The molecule has 1 saturated heterocycles. The summed E-state index contributed by atoms with van der Waals surface area (Å²) in [5.74, 6) is -0.905. The van der Waals surface area contributed by atoms with Crippen molar-refractivity contribution in [3.05, 3.63) is 0 Å². The molecule has 1 aliphatic carbocycles. The first-order valence-electron chi connectivity index (χ1n) is 7.16. The minimum Gasteiger partial charge on any atom is -0.480 e. The van der Waals surface area contributed by atoms with Crippen LogP contribution >= 0.6 is 0 Å². The number of carbonyl (C=O) groups is 2. The number of hydrogen-bond donors (Lipinski definition) is 2. The molecule has 1 heterocycles. The van der Waals surface area contributed by atoms with E-state index >= 15 is 0 Å². The Balaban J connectivity index is 1.97. The summed E-state index contributed by atoms with van der Waals surface area (Å²) in [6.07, 6.45) is 5.79. The van der Waals surface area contributed by atoms with Crippen LogP contribution in [0.4, 0.5) is 4.79 Å². The van der Waals surface area contributed by atoms with Crippen LogP contribution < -0.4 is 5.32 Å². The zero-order valence-electron chi connectivity index (χ0n) is 11.9. The first kappa shape index (κ1) is 14.2. The third-order valence-corrected chi connectivity index (χ3v) is 4.82. The number of amides is 2. The van der Waals surface area contributed by atoms with Crippen LogP contribution in [0, 0.1) is 5.41 Å². The highest BCUT2D eigenvalue weighted by Gasteiger charge is 2.44. The lowest BCUT2D eigenvalue weighted by Crippen LogP contribution is -2.60. The standard InChI is InChI=1S/C14H24N2O3/c1-13(6-5-7-13)10-15-12(19)16-9-4-3-8-14(16,2)11(17)18/h3-10H2,1-2H3,(H,15,19)(H,17,18).